The van der Waals surface area contributed by atoms with Gasteiger partial charge in [-0.3, -0.25) is 4.79 Å². The quantitative estimate of drug-likeness (QED) is 0.442. The molecule has 110 valence electrons. The summed E-state index contributed by atoms with van der Waals surface area (Å²) in [6, 6.07) is 7.70. The Morgan fingerprint density at radius 3 is 2.35 bits per heavy atom. The molecule has 0 saturated carbocycles. The van der Waals surface area contributed by atoms with Gasteiger partial charge in [0.25, 0.3) is 0 Å². The molecule has 0 aromatic heterocycles. The lowest BCUT2D eigenvalue weighted by molar-refractivity contribution is -0.114. The van der Waals surface area contributed by atoms with Crippen LogP contribution >= 0.6 is 0 Å². The van der Waals surface area contributed by atoms with Crippen molar-refractivity contribution in [1.29, 1.82) is 0 Å². The van der Waals surface area contributed by atoms with E-state index in [1.165, 1.54) is 32.1 Å². The monoisotopic (exact) mass is 274 g/mol. The highest BCUT2D eigenvalue weighted by Crippen LogP contribution is 2.13. The van der Waals surface area contributed by atoms with E-state index >= 15 is 0 Å². The lowest BCUT2D eigenvalue weighted by atomic mass is 10.1. The lowest BCUT2D eigenvalue weighted by Gasteiger charge is -2.00. The molecule has 0 bridgehead atoms. The Kier molecular flexibility index (Phi) is 8.44. The fourth-order valence-corrected chi connectivity index (χ4v) is 2.07. The molecule has 0 amide bonds. The van der Waals surface area contributed by atoms with Crippen molar-refractivity contribution in [3.63, 3.8) is 0 Å². The van der Waals surface area contributed by atoms with Crippen LogP contribution in [-0.4, -0.2) is 12.9 Å². The van der Waals surface area contributed by atoms with Crippen LogP contribution in [0.15, 0.2) is 30.3 Å². The van der Waals surface area contributed by atoms with E-state index in [1.54, 1.807) is 13.2 Å². The molecule has 0 saturated heterocycles. The molecule has 0 aliphatic carbocycles. The standard InChI is InChI=1S/C18H26O2/c1-3-4-5-6-7-8-9-17(19)13-10-16-11-14-18(20-2)15-12-16/h10-15H,3-9H2,1-2H3/b13-10-. The third-order valence-corrected chi connectivity index (χ3v) is 3.35. The second-order valence-corrected chi connectivity index (χ2v) is 5.09. The van der Waals surface area contributed by atoms with Crippen LogP contribution in [0.1, 0.15) is 57.4 Å². The average molecular weight is 274 g/mol. The number of unbranched alkanes of at least 4 members (excludes halogenated alkanes) is 5. The zero-order chi connectivity index (χ0) is 14.6. The zero-order valence-electron chi connectivity index (χ0n) is 12.7. The maximum atomic E-state index is 11.7. The van der Waals surface area contributed by atoms with Gasteiger partial charge >= 0.3 is 0 Å². The predicted octanol–water partition coefficient (Wildman–Crippen LogP) is 5.03. The number of rotatable bonds is 10. The van der Waals surface area contributed by atoms with E-state index in [9.17, 15) is 4.79 Å². The molecule has 0 radical (unpaired) electrons. The highest BCUT2D eigenvalue weighted by atomic mass is 16.5. The summed E-state index contributed by atoms with van der Waals surface area (Å²) >= 11 is 0. The van der Waals surface area contributed by atoms with E-state index in [4.69, 9.17) is 4.74 Å². The first-order chi connectivity index (χ1) is 9.76. The number of carbonyl (C=O) groups is 1. The summed E-state index contributed by atoms with van der Waals surface area (Å²) in [4.78, 5) is 11.7. The van der Waals surface area contributed by atoms with Gasteiger partial charge in [-0.15, -0.1) is 0 Å². The van der Waals surface area contributed by atoms with E-state index in [-0.39, 0.29) is 5.78 Å². The largest absolute Gasteiger partial charge is 0.497 e. The van der Waals surface area contributed by atoms with E-state index < -0.39 is 0 Å². The molecule has 0 aliphatic heterocycles. The summed E-state index contributed by atoms with van der Waals surface area (Å²) in [6.45, 7) is 2.22. The van der Waals surface area contributed by atoms with Crippen LogP contribution in [0, 0.1) is 0 Å². The molecule has 0 N–H and O–H groups in total. The van der Waals surface area contributed by atoms with Gasteiger partial charge in [0.05, 0.1) is 7.11 Å². The Hall–Kier alpha value is -1.57. The minimum atomic E-state index is 0.219. The molecule has 2 nitrogen and oxygen atoms in total. The number of hydrogen-bond acceptors (Lipinski definition) is 2. The Morgan fingerprint density at radius 1 is 1.05 bits per heavy atom. The molecular formula is C18H26O2. The number of allylic oxidation sites excluding steroid dienone is 1. The summed E-state index contributed by atoms with van der Waals surface area (Å²) < 4.78 is 5.10. The van der Waals surface area contributed by atoms with Gasteiger partial charge in [0.2, 0.25) is 0 Å². The Morgan fingerprint density at radius 2 is 1.70 bits per heavy atom. The molecule has 0 spiro atoms. The second kappa shape index (κ2) is 10.2. The van der Waals surface area contributed by atoms with E-state index in [0.717, 1.165) is 17.7 Å². The summed E-state index contributed by atoms with van der Waals surface area (Å²) in [7, 11) is 1.65. The maximum absolute atomic E-state index is 11.7. The molecule has 0 atom stereocenters. The maximum Gasteiger partial charge on any atom is 0.155 e. The number of ether oxygens (including phenoxy) is 1. The van der Waals surface area contributed by atoms with Crippen molar-refractivity contribution in [3.8, 4) is 5.75 Å². The van der Waals surface area contributed by atoms with Crippen LogP contribution in [0.3, 0.4) is 0 Å². The number of ketones is 1. The Labute approximate surface area is 122 Å². The highest BCUT2D eigenvalue weighted by Gasteiger charge is 1.97. The van der Waals surface area contributed by atoms with Gasteiger partial charge in [0, 0.05) is 6.42 Å². The van der Waals surface area contributed by atoms with Crippen molar-refractivity contribution >= 4 is 11.9 Å². The number of carbonyl (C=O) groups excluding carboxylic acids is 1. The molecule has 0 fully saturated rings. The first kappa shape index (κ1) is 16.5. The van der Waals surface area contributed by atoms with Crippen LogP contribution in [0.5, 0.6) is 5.75 Å². The van der Waals surface area contributed by atoms with Crippen LogP contribution < -0.4 is 4.74 Å². The van der Waals surface area contributed by atoms with Gasteiger partial charge in [-0.25, -0.2) is 0 Å². The van der Waals surface area contributed by atoms with Crippen LogP contribution in [-0.2, 0) is 4.79 Å². The summed E-state index contributed by atoms with van der Waals surface area (Å²) in [6.07, 6.45) is 11.5. The van der Waals surface area contributed by atoms with E-state index in [0.29, 0.717) is 6.42 Å². The highest BCUT2D eigenvalue weighted by molar-refractivity contribution is 5.93. The number of benzene rings is 1. The smallest absolute Gasteiger partial charge is 0.155 e. The molecule has 0 aliphatic rings. The molecule has 1 rings (SSSR count). The second-order valence-electron chi connectivity index (χ2n) is 5.09. The van der Waals surface area contributed by atoms with Crippen molar-refractivity contribution in [2.75, 3.05) is 7.11 Å². The first-order valence-electron chi connectivity index (χ1n) is 7.61. The van der Waals surface area contributed by atoms with Crippen LogP contribution in [0.4, 0.5) is 0 Å². The van der Waals surface area contributed by atoms with Gasteiger partial charge in [-0.1, -0.05) is 57.2 Å². The number of hydrogen-bond donors (Lipinski definition) is 0. The van der Waals surface area contributed by atoms with Crippen molar-refractivity contribution in [3.05, 3.63) is 35.9 Å². The van der Waals surface area contributed by atoms with Crippen molar-refractivity contribution in [2.24, 2.45) is 0 Å². The molecule has 1 aromatic rings. The number of methoxy groups -OCH3 is 1. The van der Waals surface area contributed by atoms with E-state index in [1.807, 2.05) is 30.3 Å². The SMILES string of the molecule is CCCCCCCCC(=O)/C=C\c1ccc(OC)cc1. The third kappa shape index (κ3) is 7.13. The Balaban J connectivity index is 2.22. The normalized spacial score (nSPS) is 10.9. The minimum absolute atomic E-state index is 0.219. The van der Waals surface area contributed by atoms with Gasteiger partial charge in [0.15, 0.2) is 5.78 Å². The van der Waals surface area contributed by atoms with Crippen LogP contribution in [0.25, 0.3) is 6.08 Å². The predicted molar refractivity (Wildman–Crippen MR) is 85.0 cm³/mol. The van der Waals surface area contributed by atoms with Crippen molar-refractivity contribution in [2.45, 2.75) is 51.9 Å². The first-order valence-corrected chi connectivity index (χ1v) is 7.61. The topological polar surface area (TPSA) is 26.3 Å². The molecular weight excluding hydrogens is 248 g/mol. The Bertz CT molecular complexity index is 404. The fourth-order valence-electron chi connectivity index (χ4n) is 2.07. The minimum Gasteiger partial charge on any atom is -0.497 e. The average Bonchev–Trinajstić information content (AvgIpc) is 2.49. The third-order valence-electron chi connectivity index (χ3n) is 3.35. The zero-order valence-corrected chi connectivity index (χ0v) is 12.7. The molecule has 0 unspecified atom stereocenters. The van der Waals surface area contributed by atoms with Gasteiger partial charge in [-0.05, 0) is 30.2 Å². The summed E-state index contributed by atoms with van der Waals surface area (Å²) in [5.74, 6) is 1.05. The molecule has 0 heterocycles. The van der Waals surface area contributed by atoms with E-state index in [2.05, 4.69) is 6.92 Å². The van der Waals surface area contributed by atoms with Crippen LogP contribution in [0.2, 0.25) is 0 Å². The van der Waals surface area contributed by atoms with Gasteiger partial charge in [0.1, 0.15) is 5.75 Å². The molecule has 20 heavy (non-hydrogen) atoms. The fraction of sp³-hybridized carbons (Fsp3) is 0.500. The van der Waals surface area contributed by atoms with Gasteiger partial charge in [-0.2, -0.15) is 0 Å². The van der Waals surface area contributed by atoms with Crippen molar-refractivity contribution < 1.29 is 9.53 Å². The summed E-state index contributed by atoms with van der Waals surface area (Å²) in [5, 5.41) is 0. The van der Waals surface area contributed by atoms with Crippen molar-refractivity contribution in [1.82, 2.24) is 0 Å². The van der Waals surface area contributed by atoms with Gasteiger partial charge < -0.3 is 4.74 Å². The lowest BCUT2D eigenvalue weighted by Crippen LogP contribution is -1.92. The molecule has 1 aromatic carbocycles. The molecule has 2 heteroatoms. The summed E-state index contributed by atoms with van der Waals surface area (Å²) in [5.41, 5.74) is 1.03.